The average Bonchev–Trinajstić information content (AvgIpc) is 2.77. The van der Waals surface area contributed by atoms with Crippen LogP contribution in [-0.4, -0.2) is 38.7 Å². The van der Waals surface area contributed by atoms with Crippen LogP contribution >= 0.6 is 11.8 Å². The summed E-state index contributed by atoms with van der Waals surface area (Å²) in [5.41, 5.74) is 2.82. The second-order valence-electron chi connectivity index (χ2n) is 7.93. The molecular formula is C24H27N3O2S. The number of aryl methyl sites for hydroxylation is 1. The van der Waals surface area contributed by atoms with Gasteiger partial charge in [-0.25, -0.2) is 4.98 Å². The zero-order valence-electron chi connectivity index (χ0n) is 17.5. The lowest BCUT2D eigenvalue weighted by molar-refractivity contribution is -0.131. The van der Waals surface area contributed by atoms with Gasteiger partial charge >= 0.3 is 0 Å². The van der Waals surface area contributed by atoms with Crippen molar-refractivity contribution in [1.82, 2.24) is 14.5 Å². The number of aromatic nitrogens is 2. The minimum atomic E-state index is -0.291. The minimum Gasteiger partial charge on any atom is -0.342 e. The summed E-state index contributed by atoms with van der Waals surface area (Å²) in [5, 5.41) is 0.904. The first-order valence-electron chi connectivity index (χ1n) is 10.5. The van der Waals surface area contributed by atoms with E-state index in [0.29, 0.717) is 22.6 Å². The maximum atomic E-state index is 13.3. The monoisotopic (exact) mass is 421 g/mol. The van der Waals surface area contributed by atoms with Crippen LogP contribution in [0.1, 0.15) is 37.3 Å². The third kappa shape index (κ3) is 4.43. The molecule has 1 amide bonds. The predicted octanol–water partition coefficient (Wildman–Crippen LogP) is 4.25. The molecule has 2 heterocycles. The van der Waals surface area contributed by atoms with Crippen molar-refractivity contribution in [3.05, 3.63) is 70.0 Å². The number of carbonyl (C=O) groups excluding carboxylic acids is 1. The van der Waals surface area contributed by atoms with Crippen LogP contribution in [0.3, 0.4) is 0 Å². The molecule has 2 aromatic carbocycles. The van der Waals surface area contributed by atoms with Gasteiger partial charge in [0.2, 0.25) is 5.91 Å². The number of fused-ring (bicyclic) bond motifs is 1. The summed E-state index contributed by atoms with van der Waals surface area (Å²) >= 11 is 1.38. The topological polar surface area (TPSA) is 55.2 Å². The van der Waals surface area contributed by atoms with Gasteiger partial charge in [-0.05, 0) is 50.8 Å². The Kier molecular flexibility index (Phi) is 6.23. The van der Waals surface area contributed by atoms with Crippen molar-refractivity contribution in [2.24, 2.45) is 0 Å². The number of amides is 1. The first kappa shape index (κ1) is 20.7. The normalized spacial score (nSPS) is 15.3. The molecule has 0 aliphatic carbocycles. The summed E-state index contributed by atoms with van der Waals surface area (Å²) < 4.78 is 1.71. The molecule has 5 nitrogen and oxygen atoms in total. The molecule has 1 fully saturated rings. The molecule has 1 aliphatic rings. The van der Waals surface area contributed by atoms with Crippen LogP contribution in [0.5, 0.6) is 0 Å². The summed E-state index contributed by atoms with van der Waals surface area (Å²) in [6, 6.07) is 15.6. The van der Waals surface area contributed by atoms with E-state index in [9.17, 15) is 9.59 Å². The van der Waals surface area contributed by atoms with Crippen molar-refractivity contribution in [2.45, 2.75) is 50.1 Å². The van der Waals surface area contributed by atoms with Crippen LogP contribution < -0.4 is 5.56 Å². The molecule has 0 unspecified atom stereocenters. The number of benzene rings is 2. The van der Waals surface area contributed by atoms with Crippen LogP contribution in [0.15, 0.2) is 58.5 Å². The Morgan fingerprint density at radius 1 is 1.07 bits per heavy atom. The summed E-state index contributed by atoms with van der Waals surface area (Å²) in [7, 11) is 0. The molecule has 1 aromatic heterocycles. The molecule has 156 valence electrons. The highest BCUT2D eigenvalue weighted by atomic mass is 32.2. The lowest BCUT2D eigenvalue weighted by atomic mass is 10.1. The average molecular weight is 422 g/mol. The molecule has 30 heavy (non-hydrogen) atoms. The molecule has 0 radical (unpaired) electrons. The molecular weight excluding hydrogens is 394 g/mol. The molecule has 4 rings (SSSR count). The SMILES string of the molecule is Cc1ccc(Cn2c(S[C@@H](C)C(=O)N3CCCCC3)nc3ccccc3c2=O)cc1. The van der Waals surface area contributed by atoms with Crippen LogP contribution in [0, 0.1) is 6.92 Å². The van der Waals surface area contributed by atoms with Crippen molar-refractivity contribution < 1.29 is 4.79 Å². The first-order valence-corrected chi connectivity index (χ1v) is 11.4. The van der Waals surface area contributed by atoms with Gasteiger partial charge in [-0.1, -0.05) is 53.7 Å². The number of carbonyl (C=O) groups is 1. The standard InChI is InChI=1S/C24H27N3O2S/c1-17-10-12-19(13-11-17)16-27-23(29)20-8-4-5-9-21(20)25-24(27)30-18(2)22(28)26-14-6-3-7-15-26/h4-5,8-13,18H,3,6-7,14-16H2,1-2H3/t18-/m0/s1. The Morgan fingerprint density at radius 3 is 2.50 bits per heavy atom. The Labute approximate surface area is 181 Å². The molecule has 6 heteroatoms. The number of hydrogen-bond donors (Lipinski definition) is 0. The van der Waals surface area contributed by atoms with E-state index in [1.807, 2.05) is 67.3 Å². The van der Waals surface area contributed by atoms with Gasteiger partial charge in [0.1, 0.15) is 0 Å². The second kappa shape index (κ2) is 9.04. The maximum Gasteiger partial charge on any atom is 0.262 e. The summed E-state index contributed by atoms with van der Waals surface area (Å²) in [6.45, 7) is 6.04. The van der Waals surface area contributed by atoms with E-state index in [2.05, 4.69) is 0 Å². The summed E-state index contributed by atoms with van der Waals surface area (Å²) in [4.78, 5) is 33.0. The fraction of sp³-hybridized carbons (Fsp3) is 0.375. The van der Waals surface area contributed by atoms with E-state index in [4.69, 9.17) is 4.98 Å². The van der Waals surface area contributed by atoms with Gasteiger partial charge in [0.05, 0.1) is 22.7 Å². The largest absolute Gasteiger partial charge is 0.342 e. The fourth-order valence-electron chi connectivity index (χ4n) is 3.83. The van der Waals surface area contributed by atoms with Crippen molar-refractivity contribution in [3.63, 3.8) is 0 Å². The van der Waals surface area contributed by atoms with Crippen LogP contribution in [0.25, 0.3) is 10.9 Å². The van der Waals surface area contributed by atoms with Crippen LogP contribution in [-0.2, 0) is 11.3 Å². The molecule has 0 N–H and O–H groups in total. The van der Waals surface area contributed by atoms with E-state index >= 15 is 0 Å². The first-order chi connectivity index (χ1) is 14.5. The Bertz CT molecular complexity index is 1100. The fourth-order valence-corrected chi connectivity index (χ4v) is 4.82. The quantitative estimate of drug-likeness (QED) is 0.457. The third-order valence-corrected chi connectivity index (χ3v) is 6.66. The molecule has 0 bridgehead atoms. The van der Waals surface area contributed by atoms with Crippen LogP contribution in [0.4, 0.5) is 0 Å². The zero-order chi connectivity index (χ0) is 21.1. The molecule has 0 saturated carbocycles. The molecule has 3 aromatic rings. The van der Waals surface area contributed by atoms with Crippen molar-refractivity contribution >= 4 is 28.6 Å². The van der Waals surface area contributed by atoms with Gasteiger partial charge in [0.15, 0.2) is 5.16 Å². The Hall–Kier alpha value is -2.60. The number of thioether (sulfide) groups is 1. The Balaban J connectivity index is 1.68. The molecule has 1 saturated heterocycles. The van der Waals surface area contributed by atoms with E-state index in [0.717, 1.165) is 31.5 Å². The zero-order valence-corrected chi connectivity index (χ0v) is 18.3. The van der Waals surface area contributed by atoms with E-state index < -0.39 is 0 Å². The van der Waals surface area contributed by atoms with Gasteiger partial charge in [0.25, 0.3) is 5.56 Å². The van der Waals surface area contributed by atoms with E-state index in [1.165, 1.54) is 23.7 Å². The molecule has 1 atom stereocenters. The van der Waals surface area contributed by atoms with Crippen molar-refractivity contribution in [3.8, 4) is 0 Å². The number of nitrogens with zero attached hydrogens (tertiary/aromatic N) is 3. The highest BCUT2D eigenvalue weighted by Crippen LogP contribution is 2.25. The highest BCUT2D eigenvalue weighted by molar-refractivity contribution is 8.00. The number of hydrogen-bond acceptors (Lipinski definition) is 4. The highest BCUT2D eigenvalue weighted by Gasteiger charge is 2.25. The van der Waals surface area contributed by atoms with Crippen molar-refractivity contribution in [2.75, 3.05) is 13.1 Å². The van der Waals surface area contributed by atoms with Crippen molar-refractivity contribution in [1.29, 1.82) is 0 Å². The second-order valence-corrected chi connectivity index (χ2v) is 9.24. The summed E-state index contributed by atoms with van der Waals surface area (Å²) in [6.07, 6.45) is 3.32. The lowest BCUT2D eigenvalue weighted by Crippen LogP contribution is -2.40. The van der Waals surface area contributed by atoms with Gasteiger partial charge in [-0.15, -0.1) is 0 Å². The number of rotatable bonds is 5. The minimum absolute atomic E-state index is 0.0682. The number of para-hydroxylation sites is 1. The van der Waals surface area contributed by atoms with E-state index in [-0.39, 0.29) is 16.7 Å². The lowest BCUT2D eigenvalue weighted by Gasteiger charge is -2.29. The van der Waals surface area contributed by atoms with Crippen LogP contribution in [0.2, 0.25) is 0 Å². The van der Waals surface area contributed by atoms with Gasteiger partial charge < -0.3 is 4.90 Å². The molecule has 0 spiro atoms. The molecule has 1 aliphatic heterocycles. The number of likely N-dealkylation sites (tertiary alicyclic amines) is 1. The van der Waals surface area contributed by atoms with Gasteiger partial charge in [0, 0.05) is 13.1 Å². The third-order valence-electron chi connectivity index (χ3n) is 5.59. The Morgan fingerprint density at radius 2 is 1.77 bits per heavy atom. The van der Waals surface area contributed by atoms with E-state index in [1.54, 1.807) is 4.57 Å². The maximum absolute atomic E-state index is 13.3. The smallest absolute Gasteiger partial charge is 0.262 e. The predicted molar refractivity (Wildman–Crippen MR) is 122 cm³/mol. The summed E-state index contributed by atoms with van der Waals surface area (Å²) in [5.74, 6) is 0.129. The number of piperidine rings is 1. The van der Waals surface area contributed by atoms with Gasteiger partial charge in [-0.2, -0.15) is 0 Å². The van der Waals surface area contributed by atoms with Gasteiger partial charge in [-0.3, -0.25) is 14.2 Å².